The molecule has 0 radical (unpaired) electrons. The van der Waals surface area contributed by atoms with E-state index in [1.54, 1.807) is 12.1 Å². The Morgan fingerprint density at radius 3 is 2.67 bits per heavy atom. The monoisotopic (exact) mass is 316 g/mol. The second kappa shape index (κ2) is 5.47. The summed E-state index contributed by atoms with van der Waals surface area (Å²) in [5.74, 6) is -0.235. The van der Waals surface area contributed by atoms with Crippen LogP contribution in [0.5, 0.6) is 0 Å². The molecule has 106 valence electrons. The van der Waals surface area contributed by atoms with E-state index in [0.29, 0.717) is 15.4 Å². The van der Waals surface area contributed by atoms with Crippen LogP contribution in [0.3, 0.4) is 0 Å². The molecule has 3 rings (SSSR count). The van der Waals surface area contributed by atoms with Crippen LogP contribution in [-0.4, -0.2) is 10.5 Å². The van der Waals surface area contributed by atoms with Gasteiger partial charge in [-0.05, 0) is 36.8 Å². The number of fused-ring (bicyclic) bond motifs is 1. The highest BCUT2D eigenvalue weighted by molar-refractivity contribution is 7.16. The van der Waals surface area contributed by atoms with Crippen LogP contribution in [0.1, 0.15) is 15.9 Å². The van der Waals surface area contributed by atoms with Crippen molar-refractivity contribution in [1.29, 1.82) is 0 Å². The second-order valence-electron chi connectivity index (χ2n) is 4.80. The van der Waals surface area contributed by atoms with Crippen molar-refractivity contribution in [3.05, 3.63) is 63.4 Å². The van der Waals surface area contributed by atoms with E-state index in [4.69, 9.17) is 11.6 Å². The molecule has 0 bridgehead atoms. The van der Waals surface area contributed by atoms with Crippen LogP contribution >= 0.6 is 22.9 Å². The summed E-state index contributed by atoms with van der Waals surface area (Å²) >= 11 is 7.55. The Morgan fingerprint density at radius 1 is 1.24 bits per heavy atom. The first-order valence-electron chi connectivity index (χ1n) is 6.46. The van der Waals surface area contributed by atoms with E-state index in [0.717, 1.165) is 15.8 Å². The van der Waals surface area contributed by atoms with Crippen molar-refractivity contribution in [3.8, 4) is 0 Å². The molecule has 3 aromatic rings. The van der Waals surface area contributed by atoms with E-state index in [9.17, 15) is 4.79 Å². The van der Waals surface area contributed by atoms with Gasteiger partial charge in [0, 0.05) is 17.6 Å². The molecule has 1 heterocycles. The number of hydrogen-bond donors (Lipinski definition) is 0. The Bertz CT molecular complexity index is 894. The molecule has 0 aliphatic carbocycles. The number of aromatic nitrogens is 1. The molecule has 0 fully saturated rings. The average molecular weight is 317 g/mol. The van der Waals surface area contributed by atoms with Gasteiger partial charge in [0.2, 0.25) is 0 Å². The van der Waals surface area contributed by atoms with Crippen LogP contribution in [0.25, 0.3) is 10.2 Å². The molecule has 0 saturated heterocycles. The molecule has 5 heteroatoms. The molecule has 3 nitrogen and oxygen atoms in total. The van der Waals surface area contributed by atoms with Crippen molar-refractivity contribution in [2.24, 2.45) is 12.0 Å². The summed E-state index contributed by atoms with van der Waals surface area (Å²) < 4.78 is 2.97. The topological polar surface area (TPSA) is 34.4 Å². The lowest BCUT2D eigenvalue weighted by molar-refractivity contribution is 0.0998. The number of aryl methyl sites for hydroxylation is 2. The summed E-state index contributed by atoms with van der Waals surface area (Å²) in [6.07, 6.45) is 0. The van der Waals surface area contributed by atoms with Crippen molar-refractivity contribution in [2.45, 2.75) is 6.92 Å². The summed E-state index contributed by atoms with van der Waals surface area (Å²) in [7, 11) is 1.91. The van der Waals surface area contributed by atoms with Crippen molar-refractivity contribution in [3.63, 3.8) is 0 Å². The standard InChI is InChI=1S/C16H13ClN2OS/c1-10-8-12(17)9-13-14(10)19(2)16(21-13)18-15(20)11-6-4-3-5-7-11/h3-9H,1-2H3. The van der Waals surface area contributed by atoms with E-state index in [1.165, 1.54) is 11.3 Å². The molecule has 1 aromatic heterocycles. The zero-order valence-electron chi connectivity index (χ0n) is 11.6. The fraction of sp³-hybridized carbons (Fsp3) is 0.125. The van der Waals surface area contributed by atoms with Gasteiger partial charge in [0.05, 0.1) is 10.2 Å². The molecule has 0 aliphatic rings. The van der Waals surface area contributed by atoms with Gasteiger partial charge >= 0.3 is 0 Å². The Hall–Kier alpha value is -1.91. The minimum Gasteiger partial charge on any atom is -0.319 e. The highest BCUT2D eigenvalue weighted by atomic mass is 35.5. The third-order valence-electron chi connectivity index (χ3n) is 3.27. The highest BCUT2D eigenvalue weighted by Gasteiger charge is 2.09. The first-order chi connectivity index (χ1) is 10.1. The lowest BCUT2D eigenvalue weighted by Crippen LogP contribution is -2.13. The van der Waals surface area contributed by atoms with E-state index in [1.807, 2.05) is 48.9 Å². The van der Waals surface area contributed by atoms with Crippen molar-refractivity contribution in [1.82, 2.24) is 4.57 Å². The van der Waals surface area contributed by atoms with Gasteiger partial charge in [-0.3, -0.25) is 4.79 Å². The van der Waals surface area contributed by atoms with E-state index in [-0.39, 0.29) is 5.91 Å². The Morgan fingerprint density at radius 2 is 1.95 bits per heavy atom. The van der Waals surface area contributed by atoms with Crippen molar-refractivity contribution >= 4 is 39.1 Å². The summed E-state index contributed by atoms with van der Waals surface area (Å²) in [6, 6.07) is 12.9. The molecular weight excluding hydrogens is 304 g/mol. The molecule has 0 unspecified atom stereocenters. The summed E-state index contributed by atoms with van der Waals surface area (Å²) in [5, 5.41) is 0.697. The largest absolute Gasteiger partial charge is 0.319 e. The number of amides is 1. The average Bonchev–Trinajstić information content (AvgIpc) is 2.76. The van der Waals surface area contributed by atoms with E-state index < -0.39 is 0 Å². The smallest absolute Gasteiger partial charge is 0.279 e. The molecule has 0 spiro atoms. The summed E-state index contributed by atoms with van der Waals surface area (Å²) in [5.41, 5.74) is 2.72. The number of rotatable bonds is 1. The molecule has 0 atom stereocenters. The maximum atomic E-state index is 12.2. The number of carbonyl (C=O) groups is 1. The predicted molar refractivity (Wildman–Crippen MR) is 86.9 cm³/mol. The minimum atomic E-state index is -0.235. The fourth-order valence-corrected chi connectivity index (χ4v) is 3.78. The third kappa shape index (κ3) is 2.64. The maximum Gasteiger partial charge on any atom is 0.279 e. The lowest BCUT2D eigenvalue weighted by atomic mass is 10.2. The number of carbonyl (C=O) groups excluding carboxylic acids is 1. The molecule has 21 heavy (non-hydrogen) atoms. The number of nitrogens with zero attached hydrogens (tertiary/aromatic N) is 2. The van der Waals surface area contributed by atoms with Crippen LogP contribution in [-0.2, 0) is 7.05 Å². The van der Waals surface area contributed by atoms with Gasteiger partial charge in [-0.2, -0.15) is 4.99 Å². The van der Waals surface area contributed by atoms with E-state index >= 15 is 0 Å². The van der Waals surface area contributed by atoms with Gasteiger partial charge in [0.25, 0.3) is 5.91 Å². The van der Waals surface area contributed by atoms with Crippen LogP contribution in [0, 0.1) is 6.92 Å². The van der Waals surface area contributed by atoms with Crippen LogP contribution in [0.15, 0.2) is 47.5 Å². The van der Waals surface area contributed by atoms with Crippen molar-refractivity contribution < 1.29 is 4.79 Å². The third-order valence-corrected chi connectivity index (χ3v) is 4.57. The number of halogens is 1. The molecule has 0 saturated carbocycles. The van der Waals surface area contributed by atoms with Gasteiger partial charge in [-0.25, -0.2) is 0 Å². The van der Waals surface area contributed by atoms with Gasteiger partial charge in [-0.15, -0.1) is 0 Å². The second-order valence-corrected chi connectivity index (χ2v) is 6.24. The summed E-state index contributed by atoms with van der Waals surface area (Å²) in [6.45, 7) is 2.00. The van der Waals surface area contributed by atoms with Crippen LogP contribution in [0.4, 0.5) is 0 Å². The zero-order chi connectivity index (χ0) is 15.0. The Balaban J connectivity index is 2.17. The summed E-state index contributed by atoms with van der Waals surface area (Å²) in [4.78, 5) is 17.1. The predicted octanol–water partition coefficient (Wildman–Crippen LogP) is 3.94. The Labute approximate surface area is 131 Å². The molecular formula is C16H13ClN2OS. The maximum absolute atomic E-state index is 12.2. The molecule has 1 amide bonds. The number of thiazole rings is 1. The van der Waals surface area contributed by atoms with Crippen LogP contribution < -0.4 is 4.80 Å². The first kappa shape index (κ1) is 14.0. The number of benzene rings is 2. The molecule has 0 aliphatic heterocycles. The highest BCUT2D eigenvalue weighted by Crippen LogP contribution is 2.25. The van der Waals surface area contributed by atoms with Gasteiger partial charge in [0.1, 0.15) is 0 Å². The zero-order valence-corrected chi connectivity index (χ0v) is 13.2. The van der Waals surface area contributed by atoms with Gasteiger partial charge in [-0.1, -0.05) is 41.1 Å². The molecule has 2 aromatic carbocycles. The fourth-order valence-electron chi connectivity index (χ4n) is 2.30. The van der Waals surface area contributed by atoms with Gasteiger partial charge < -0.3 is 4.57 Å². The van der Waals surface area contributed by atoms with Gasteiger partial charge in [0.15, 0.2) is 4.80 Å². The Kier molecular flexibility index (Phi) is 3.66. The van der Waals surface area contributed by atoms with E-state index in [2.05, 4.69) is 4.99 Å². The quantitative estimate of drug-likeness (QED) is 0.669. The lowest BCUT2D eigenvalue weighted by Gasteiger charge is -2.00. The first-order valence-corrected chi connectivity index (χ1v) is 7.65. The SMILES string of the molecule is Cc1cc(Cl)cc2sc(=NC(=O)c3ccccc3)n(C)c12. The van der Waals surface area contributed by atoms with Crippen LogP contribution in [0.2, 0.25) is 5.02 Å². The normalized spacial score (nSPS) is 12.0. The van der Waals surface area contributed by atoms with Crippen molar-refractivity contribution in [2.75, 3.05) is 0 Å². The molecule has 0 N–H and O–H groups in total. The number of hydrogen-bond acceptors (Lipinski definition) is 2. The minimum absolute atomic E-state index is 0.235.